The second-order valence-electron chi connectivity index (χ2n) is 5.23. The van der Waals surface area contributed by atoms with Gasteiger partial charge in [0.25, 0.3) is 11.8 Å². The van der Waals surface area contributed by atoms with Crippen LogP contribution in [-0.2, 0) is 18.2 Å². The molecule has 1 aliphatic heterocycles. The fraction of sp³-hybridized carbons (Fsp3) is 0.250. The number of amides is 2. The lowest BCUT2D eigenvalue weighted by Gasteiger charge is -2.13. The molecule has 2 amide bonds. The van der Waals surface area contributed by atoms with Crippen LogP contribution < -0.4 is 0 Å². The summed E-state index contributed by atoms with van der Waals surface area (Å²) in [4.78, 5) is 37.5. The van der Waals surface area contributed by atoms with Gasteiger partial charge in [-0.1, -0.05) is 12.1 Å². The highest BCUT2D eigenvalue weighted by molar-refractivity contribution is 6.21. The Labute approximate surface area is 132 Å². The van der Waals surface area contributed by atoms with Gasteiger partial charge in [-0.3, -0.25) is 19.2 Å². The minimum atomic E-state index is -0.539. The smallest absolute Gasteiger partial charge is 0.358 e. The number of imide groups is 1. The fourth-order valence-corrected chi connectivity index (χ4v) is 2.66. The SMILES string of the molecule is COC(=O)c1nn(C)cc1CCN1C(=O)c2ccccc2C1=O. The number of nitrogens with zero attached hydrogens (tertiary/aromatic N) is 3. The molecule has 0 unspecified atom stereocenters. The van der Waals surface area contributed by atoms with Gasteiger partial charge in [0, 0.05) is 25.4 Å². The van der Waals surface area contributed by atoms with Gasteiger partial charge < -0.3 is 4.74 Å². The second-order valence-corrected chi connectivity index (χ2v) is 5.23. The van der Waals surface area contributed by atoms with Gasteiger partial charge in [-0.2, -0.15) is 5.10 Å². The number of ether oxygens (including phenoxy) is 1. The van der Waals surface area contributed by atoms with Crippen LogP contribution in [0.4, 0.5) is 0 Å². The van der Waals surface area contributed by atoms with Crippen molar-refractivity contribution < 1.29 is 19.1 Å². The Bertz CT molecular complexity index is 774. The number of hydrogen-bond acceptors (Lipinski definition) is 5. The second kappa shape index (κ2) is 5.68. The molecule has 1 aromatic heterocycles. The van der Waals surface area contributed by atoms with E-state index in [0.29, 0.717) is 23.1 Å². The van der Waals surface area contributed by atoms with E-state index in [-0.39, 0.29) is 24.1 Å². The first-order chi connectivity index (χ1) is 11.0. The highest BCUT2D eigenvalue weighted by Crippen LogP contribution is 2.23. The summed E-state index contributed by atoms with van der Waals surface area (Å²) in [5, 5.41) is 4.06. The predicted molar refractivity (Wildman–Crippen MR) is 80.1 cm³/mol. The van der Waals surface area contributed by atoms with E-state index in [2.05, 4.69) is 5.10 Å². The Balaban J connectivity index is 1.79. The van der Waals surface area contributed by atoms with Crippen molar-refractivity contribution >= 4 is 17.8 Å². The molecule has 0 atom stereocenters. The fourth-order valence-electron chi connectivity index (χ4n) is 2.66. The topological polar surface area (TPSA) is 81.5 Å². The molecule has 0 saturated carbocycles. The third kappa shape index (κ3) is 2.50. The summed E-state index contributed by atoms with van der Waals surface area (Å²) in [5.41, 5.74) is 1.66. The van der Waals surface area contributed by atoms with Crippen LogP contribution in [-0.4, -0.2) is 46.1 Å². The minimum Gasteiger partial charge on any atom is -0.464 e. The summed E-state index contributed by atoms with van der Waals surface area (Å²) in [6.07, 6.45) is 2.02. The largest absolute Gasteiger partial charge is 0.464 e. The summed E-state index contributed by atoms with van der Waals surface area (Å²) in [5.74, 6) is -1.16. The third-order valence-corrected chi connectivity index (χ3v) is 3.77. The molecule has 7 heteroatoms. The van der Waals surface area contributed by atoms with Crippen molar-refractivity contribution in [1.82, 2.24) is 14.7 Å². The van der Waals surface area contributed by atoms with Crippen molar-refractivity contribution in [2.75, 3.05) is 13.7 Å². The van der Waals surface area contributed by atoms with Crippen LogP contribution in [0, 0.1) is 0 Å². The van der Waals surface area contributed by atoms with E-state index in [1.54, 1.807) is 37.5 Å². The van der Waals surface area contributed by atoms with Crippen molar-refractivity contribution in [2.24, 2.45) is 7.05 Å². The van der Waals surface area contributed by atoms with Gasteiger partial charge >= 0.3 is 5.97 Å². The molecule has 0 spiro atoms. The summed E-state index contributed by atoms with van der Waals surface area (Å²) < 4.78 is 6.20. The van der Waals surface area contributed by atoms with Gasteiger partial charge in [0.1, 0.15) is 0 Å². The number of rotatable bonds is 4. The normalized spacial score (nSPS) is 13.4. The molecule has 0 aliphatic carbocycles. The van der Waals surface area contributed by atoms with Crippen molar-refractivity contribution in [2.45, 2.75) is 6.42 Å². The van der Waals surface area contributed by atoms with E-state index in [9.17, 15) is 14.4 Å². The molecule has 0 N–H and O–H groups in total. The van der Waals surface area contributed by atoms with Gasteiger partial charge in [-0.15, -0.1) is 0 Å². The van der Waals surface area contributed by atoms with Gasteiger partial charge in [-0.05, 0) is 18.6 Å². The van der Waals surface area contributed by atoms with Gasteiger partial charge in [0.05, 0.1) is 18.2 Å². The zero-order valence-electron chi connectivity index (χ0n) is 12.8. The molecular weight excluding hydrogens is 298 g/mol. The zero-order valence-corrected chi connectivity index (χ0v) is 12.8. The summed E-state index contributed by atoms with van der Waals surface area (Å²) in [6, 6.07) is 6.73. The summed E-state index contributed by atoms with van der Waals surface area (Å²) in [6.45, 7) is 0.183. The third-order valence-electron chi connectivity index (χ3n) is 3.77. The Hall–Kier alpha value is -2.96. The number of benzene rings is 1. The number of carbonyl (C=O) groups is 3. The highest BCUT2D eigenvalue weighted by Gasteiger charge is 2.35. The van der Waals surface area contributed by atoms with Crippen LogP contribution in [0.2, 0.25) is 0 Å². The number of aryl methyl sites for hydroxylation is 1. The van der Waals surface area contributed by atoms with Gasteiger partial charge in [0.15, 0.2) is 5.69 Å². The number of hydrogen-bond donors (Lipinski definition) is 0. The van der Waals surface area contributed by atoms with Crippen molar-refractivity contribution in [3.63, 3.8) is 0 Å². The van der Waals surface area contributed by atoms with E-state index in [1.165, 1.54) is 16.7 Å². The molecule has 118 valence electrons. The Morgan fingerprint density at radius 2 is 1.78 bits per heavy atom. The predicted octanol–water partition coefficient (Wildman–Crippen LogP) is 1.05. The number of aromatic nitrogens is 2. The molecule has 3 rings (SSSR count). The molecular formula is C16H15N3O4. The average Bonchev–Trinajstić information content (AvgIpc) is 3.04. The Morgan fingerprint density at radius 3 is 2.35 bits per heavy atom. The van der Waals surface area contributed by atoms with Crippen molar-refractivity contribution in [3.05, 3.63) is 52.8 Å². The lowest BCUT2D eigenvalue weighted by Crippen LogP contribution is -2.32. The van der Waals surface area contributed by atoms with Crippen LogP contribution in [0.15, 0.2) is 30.5 Å². The van der Waals surface area contributed by atoms with Crippen LogP contribution in [0.1, 0.15) is 36.8 Å². The highest BCUT2D eigenvalue weighted by atomic mass is 16.5. The van der Waals surface area contributed by atoms with Gasteiger partial charge in [-0.25, -0.2) is 4.79 Å². The molecule has 2 heterocycles. The number of carbonyl (C=O) groups excluding carboxylic acids is 3. The summed E-state index contributed by atoms with van der Waals surface area (Å²) in [7, 11) is 2.98. The first kappa shape index (κ1) is 15.0. The van der Waals surface area contributed by atoms with E-state index in [1.807, 2.05) is 0 Å². The first-order valence-corrected chi connectivity index (χ1v) is 7.09. The van der Waals surface area contributed by atoms with E-state index < -0.39 is 5.97 Å². The molecule has 23 heavy (non-hydrogen) atoms. The zero-order chi connectivity index (χ0) is 16.6. The first-order valence-electron chi connectivity index (χ1n) is 7.09. The molecule has 0 radical (unpaired) electrons. The van der Waals surface area contributed by atoms with E-state index >= 15 is 0 Å². The number of esters is 1. The quantitative estimate of drug-likeness (QED) is 0.622. The maximum absolute atomic E-state index is 12.3. The monoisotopic (exact) mass is 313 g/mol. The molecule has 1 aromatic carbocycles. The van der Waals surface area contributed by atoms with Gasteiger partial charge in [0.2, 0.25) is 0 Å². The minimum absolute atomic E-state index is 0.183. The molecule has 0 saturated heterocycles. The Morgan fingerprint density at radius 1 is 1.17 bits per heavy atom. The lowest BCUT2D eigenvalue weighted by atomic mass is 10.1. The van der Waals surface area contributed by atoms with Crippen LogP contribution in [0.5, 0.6) is 0 Å². The Kier molecular flexibility index (Phi) is 3.69. The molecule has 7 nitrogen and oxygen atoms in total. The van der Waals surface area contributed by atoms with E-state index in [0.717, 1.165) is 0 Å². The number of fused-ring (bicyclic) bond motifs is 1. The van der Waals surface area contributed by atoms with Crippen LogP contribution in [0.25, 0.3) is 0 Å². The molecule has 1 aliphatic rings. The van der Waals surface area contributed by atoms with Crippen molar-refractivity contribution in [1.29, 1.82) is 0 Å². The van der Waals surface area contributed by atoms with Crippen LogP contribution in [0.3, 0.4) is 0 Å². The molecule has 0 fully saturated rings. The van der Waals surface area contributed by atoms with E-state index in [4.69, 9.17) is 4.74 Å². The summed E-state index contributed by atoms with van der Waals surface area (Å²) >= 11 is 0. The number of methoxy groups -OCH3 is 1. The van der Waals surface area contributed by atoms with Crippen molar-refractivity contribution in [3.8, 4) is 0 Å². The molecule has 0 bridgehead atoms. The molecule has 2 aromatic rings. The average molecular weight is 313 g/mol. The maximum Gasteiger partial charge on any atom is 0.358 e. The maximum atomic E-state index is 12.3. The standard InChI is InChI=1S/C16H15N3O4/c1-18-9-10(13(17-18)16(22)23-2)7-8-19-14(20)11-5-3-4-6-12(11)15(19)21/h3-6,9H,7-8H2,1-2H3. The van der Waals surface area contributed by atoms with Crippen LogP contribution >= 0.6 is 0 Å². The lowest BCUT2D eigenvalue weighted by molar-refractivity contribution is 0.0591.